The molecule has 2 amide bonds. The zero-order chi connectivity index (χ0) is 18.8. The van der Waals surface area contributed by atoms with E-state index in [9.17, 15) is 9.18 Å². The van der Waals surface area contributed by atoms with Gasteiger partial charge in [0.2, 0.25) is 0 Å². The predicted molar refractivity (Wildman–Crippen MR) is 105 cm³/mol. The Morgan fingerprint density at radius 3 is 2.48 bits per heavy atom. The van der Waals surface area contributed by atoms with E-state index in [1.165, 1.54) is 30.5 Å². The molecule has 4 nitrogen and oxygen atoms in total. The molecule has 2 aliphatic heterocycles. The molecule has 0 spiro atoms. The van der Waals surface area contributed by atoms with E-state index in [4.69, 9.17) is 11.6 Å². The van der Waals surface area contributed by atoms with E-state index in [2.05, 4.69) is 10.6 Å². The number of hydrogen-bond acceptors (Lipinski definition) is 1. The normalized spacial score (nSPS) is 26.6. The minimum Gasteiger partial charge on any atom is -0.335 e. The molecule has 4 rings (SSSR count). The Bertz CT molecular complexity index is 799. The Hall–Kier alpha value is -2.11. The number of nitrogens with one attached hydrogen (secondary N) is 3. The molecule has 0 aliphatic carbocycles. The van der Waals surface area contributed by atoms with Gasteiger partial charge in [0.1, 0.15) is 12.4 Å². The van der Waals surface area contributed by atoms with Gasteiger partial charge in [-0.3, -0.25) is 0 Å². The molecule has 0 saturated carbocycles. The molecule has 0 aromatic heterocycles. The highest BCUT2D eigenvalue weighted by molar-refractivity contribution is 6.30. The van der Waals surface area contributed by atoms with E-state index in [1.54, 1.807) is 17.0 Å². The number of quaternary nitrogens is 1. The number of amides is 2. The molecule has 2 bridgehead atoms. The zero-order valence-corrected chi connectivity index (χ0v) is 15.8. The summed E-state index contributed by atoms with van der Waals surface area (Å²) in [6, 6.07) is 15.1. The van der Waals surface area contributed by atoms with Crippen LogP contribution in [0, 0.1) is 5.82 Å². The van der Waals surface area contributed by atoms with E-state index >= 15 is 0 Å². The lowest BCUT2D eigenvalue weighted by atomic mass is 9.96. The zero-order valence-electron chi connectivity index (χ0n) is 15.1. The Morgan fingerprint density at radius 1 is 1.11 bits per heavy atom. The van der Waals surface area contributed by atoms with Crippen LogP contribution >= 0.6 is 11.6 Å². The number of anilines is 1. The van der Waals surface area contributed by atoms with Crippen molar-refractivity contribution in [2.45, 2.75) is 50.4 Å². The second kappa shape index (κ2) is 7.87. The molecule has 142 valence electrons. The third-order valence-electron chi connectivity index (χ3n) is 5.79. The van der Waals surface area contributed by atoms with E-state index in [0.29, 0.717) is 22.8 Å². The van der Waals surface area contributed by atoms with Crippen LogP contribution in [-0.2, 0) is 6.54 Å². The fourth-order valence-corrected chi connectivity index (χ4v) is 4.78. The van der Waals surface area contributed by atoms with Crippen LogP contribution in [0.4, 0.5) is 14.9 Å². The molecule has 2 aromatic carbocycles. The van der Waals surface area contributed by atoms with Crippen molar-refractivity contribution in [2.24, 2.45) is 0 Å². The second-order valence-electron chi connectivity index (χ2n) is 7.63. The van der Waals surface area contributed by atoms with Gasteiger partial charge in [-0.25, -0.2) is 9.18 Å². The first-order valence-corrected chi connectivity index (χ1v) is 9.88. The maximum Gasteiger partial charge on any atom is 0.319 e. The smallest absolute Gasteiger partial charge is 0.319 e. The van der Waals surface area contributed by atoms with Crippen LogP contribution in [0.1, 0.15) is 31.2 Å². The lowest BCUT2D eigenvalue weighted by Gasteiger charge is -2.36. The summed E-state index contributed by atoms with van der Waals surface area (Å²) < 4.78 is 13.1. The van der Waals surface area contributed by atoms with Crippen molar-refractivity contribution in [1.82, 2.24) is 5.32 Å². The van der Waals surface area contributed by atoms with Gasteiger partial charge in [0, 0.05) is 48.0 Å². The third-order valence-corrected chi connectivity index (χ3v) is 6.02. The van der Waals surface area contributed by atoms with Gasteiger partial charge in [-0.1, -0.05) is 29.8 Å². The molecule has 2 aromatic rings. The quantitative estimate of drug-likeness (QED) is 0.738. The van der Waals surface area contributed by atoms with Crippen molar-refractivity contribution >= 4 is 23.3 Å². The first kappa shape index (κ1) is 18.3. The number of hydrogen-bond donors (Lipinski definition) is 3. The Labute approximate surface area is 163 Å². The van der Waals surface area contributed by atoms with Crippen LogP contribution in [0.5, 0.6) is 0 Å². The van der Waals surface area contributed by atoms with E-state index in [1.807, 2.05) is 24.3 Å². The number of urea groups is 1. The molecule has 6 heteroatoms. The fourth-order valence-electron chi connectivity index (χ4n) is 4.59. The largest absolute Gasteiger partial charge is 0.335 e. The van der Waals surface area contributed by atoms with Crippen LogP contribution < -0.4 is 15.5 Å². The molecule has 4 atom stereocenters. The molecule has 27 heavy (non-hydrogen) atoms. The van der Waals surface area contributed by atoms with Gasteiger partial charge in [-0.2, -0.15) is 0 Å². The molecular weight excluding hydrogens is 365 g/mol. The fraction of sp³-hybridized carbons (Fsp3) is 0.381. The van der Waals surface area contributed by atoms with Crippen LogP contribution in [-0.4, -0.2) is 24.2 Å². The summed E-state index contributed by atoms with van der Waals surface area (Å²) in [6.45, 7) is 0.928. The highest BCUT2D eigenvalue weighted by Gasteiger charge is 2.44. The van der Waals surface area contributed by atoms with Gasteiger partial charge in [0.15, 0.2) is 0 Å². The maximum absolute atomic E-state index is 13.1. The summed E-state index contributed by atoms with van der Waals surface area (Å²) in [5, 5.41) is 6.58. The number of carbonyl (C=O) groups is 1. The van der Waals surface area contributed by atoms with Crippen molar-refractivity contribution in [3.8, 4) is 0 Å². The summed E-state index contributed by atoms with van der Waals surface area (Å²) in [5.41, 5.74) is 1.87. The van der Waals surface area contributed by atoms with Gasteiger partial charge < -0.3 is 15.5 Å². The van der Waals surface area contributed by atoms with E-state index in [0.717, 1.165) is 19.4 Å². The first-order chi connectivity index (χ1) is 13.1. The molecule has 2 aliphatic rings. The molecule has 2 saturated heterocycles. The highest BCUT2D eigenvalue weighted by Crippen LogP contribution is 2.24. The van der Waals surface area contributed by atoms with Crippen molar-refractivity contribution in [3.63, 3.8) is 0 Å². The molecule has 3 N–H and O–H groups in total. The Kier molecular flexibility index (Phi) is 5.32. The SMILES string of the molecule is O=C(Nc1cccc(Cl)c1)NC1C[C@H]2CC[C@@H](C1)[NH+]2Cc1ccc(F)cc1. The summed E-state index contributed by atoms with van der Waals surface area (Å²) in [4.78, 5) is 13.9. The van der Waals surface area contributed by atoms with Crippen LogP contribution in [0.3, 0.4) is 0 Å². The van der Waals surface area contributed by atoms with E-state index in [-0.39, 0.29) is 17.9 Å². The first-order valence-electron chi connectivity index (χ1n) is 9.50. The van der Waals surface area contributed by atoms with Crippen molar-refractivity contribution in [2.75, 3.05) is 5.32 Å². The van der Waals surface area contributed by atoms with Gasteiger partial charge in [-0.15, -0.1) is 0 Å². The summed E-state index contributed by atoms with van der Waals surface area (Å²) in [5.74, 6) is -0.189. The summed E-state index contributed by atoms with van der Waals surface area (Å²) >= 11 is 5.96. The molecule has 2 unspecified atom stereocenters. The lowest BCUT2D eigenvalue weighted by molar-refractivity contribution is -0.954. The van der Waals surface area contributed by atoms with Gasteiger partial charge in [-0.05, 0) is 30.3 Å². The van der Waals surface area contributed by atoms with Gasteiger partial charge in [0.25, 0.3) is 0 Å². The number of fused-ring (bicyclic) bond motifs is 2. The number of carbonyl (C=O) groups excluding carboxylic acids is 1. The second-order valence-corrected chi connectivity index (χ2v) is 8.06. The summed E-state index contributed by atoms with van der Waals surface area (Å²) in [6.07, 6.45) is 4.34. The number of piperidine rings is 1. The molecular formula is C21H24ClFN3O+. The number of halogens is 2. The van der Waals surface area contributed by atoms with E-state index < -0.39 is 0 Å². The molecule has 0 radical (unpaired) electrons. The Morgan fingerprint density at radius 2 is 1.81 bits per heavy atom. The minimum atomic E-state index is -0.189. The number of rotatable bonds is 4. The summed E-state index contributed by atoms with van der Waals surface area (Å²) in [7, 11) is 0. The molecule has 2 heterocycles. The van der Waals surface area contributed by atoms with Crippen LogP contribution in [0.15, 0.2) is 48.5 Å². The van der Waals surface area contributed by atoms with Crippen LogP contribution in [0.25, 0.3) is 0 Å². The topological polar surface area (TPSA) is 45.6 Å². The van der Waals surface area contributed by atoms with Crippen molar-refractivity contribution in [1.29, 1.82) is 0 Å². The number of benzene rings is 2. The average molecular weight is 389 g/mol. The molecule has 2 fully saturated rings. The lowest BCUT2D eigenvalue weighted by Crippen LogP contribution is -3.17. The van der Waals surface area contributed by atoms with Crippen molar-refractivity contribution < 1.29 is 14.1 Å². The maximum atomic E-state index is 13.1. The average Bonchev–Trinajstić information content (AvgIpc) is 2.86. The third kappa shape index (κ3) is 4.42. The minimum absolute atomic E-state index is 0.177. The van der Waals surface area contributed by atoms with Crippen molar-refractivity contribution in [3.05, 3.63) is 64.9 Å². The Balaban J connectivity index is 1.33. The standard InChI is InChI=1S/C21H23ClFN3O/c22-15-2-1-3-17(10-15)24-21(27)25-18-11-19-8-9-20(12-18)26(19)13-14-4-6-16(23)7-5-14/h1-7,10,18-20H,8-9,11-13H2,(H2,24,25,27)/p+1/t18?,19-,20+. The highest BCUT2D eigenvalue weighted by atomic mass is 35.5. The van der Waals surface area contributed by atoms with Gasteiger partial charge >= 0.3 is 6.03 Å². The monoisotopic (exact) mass is 388 g/mol. The van der Waals surface area contributed by atoms with Gasteiger partial charge in [0.05, 0.1) is 12.1 Å². The predicted octanol–water partition coefficient (Wildman–Crippen LogP) is 3.38. The van der Waals surface area contributed by atoms with Crippen LogP contribution in [0.2, 0.25) is 5.02 Å².